The number of carbonyl (C=O) groups is 1. The first-order valence-corrected chi connectivity index (χ1v) is 9.36. The Bertz CT molecular complexity index is 1350. The Morgan fingerprint density at radius 3 is 2.47 bits per heavy atom. The van der Waals surface area contributed by atoms with Crippen molar-refractivity contribution in [2.45, 2.75) is 13.8 Å². The molecule has 9 heteroatoms. The van der Waals surface area contributed by atoms with Gasteiger partial charge in [0.05, 0.1) is 29.5 Å². The monoisotopic (exact) mass is 406 g/mol. The van der Waals surface area contributed by atoms with E-state index in [1.807, 2.05) is 37.3 Å². The SMILES string of the molecule is COc1cccc(-n2nnc(C(=O)Nc3cc4c(cc3C)n(C)c(=O)n4C)c2C)c1. The van der Waals surface area contributed by atoms with Crippen molar-refractivity contribution in [1.29, 1.82) is 0 Å². The molecule has 0 aliphatic rings. The summed E-state index contributed by atoms with van der Waals surface area (Å²) in [5.41, 5.74) is 4.45. The second kappa shape index (κ2) is 7.18. The van der Waals surface area contributed by atoms with Crippen molar-refractivity contribution in [3.63, 3.8) is 0 Å². The second-order valence-corrected chi connectivity index (χ2v) is 7.15. The third kappa shape index (κ3) is 3.04. The van der Waals surface area contributed by atoms with Crippen LogP contribution in [-0.2, 0) is 14.1 Å². The lowest BCUT2D eigenvalue weighted by Crippen LogP contribution is -2.19. The van der Waals surface area contributed by atoms with Gasteiger partial charge in [-0.2, -0.15) is 0 Å². The van der Waals surface area contributed by atoms with Gasteiger partial charge in [-0.15, -0.1) is 5.10 Å². The minimum Gasteiger partial charge on any atom is -0.497 e. The summed E-state index contributed by atoms with van der Waals surface area (Å²) in [7, 11) is 5.02. The Hall–Kier alpha value is -3.88. The van der Waals surface area contributed by atoms with Gasteiger partial charge in [-0.1, -0.05) is 11.3 Å². The maximum atomic E-state index is 12.9. The number of nitrogens with one attached hydrogen (secondary N) is 1. The zero-order valence-corrected chi connectivity index (χ0v) is 17.4. The van der Waals surface area contributed by atoms with Crippen molar-refractivity contribution in [1.82, 2.24) is 24.1 Å². The number of fused-ring (bicyclic) bond motifs is 1. The summed E-state index contributed by atoms with van der Waals surface area (Å²) in [5.74, 6) is 0.316. The number of amides is 1. The number of aryl methyl sites for hydroxylation is 3. The molecule has 0 fully saturated rings. The summed E-state index contributed by atoms with van der Waals surface area (Å²) in [6.45, 7) is 3.66. The zero-order valence-electron chi connectivity index (χ0n) is 17.4. The molecule has 9 nitrogen and oxygen atoms in total. The lowest BCUT2D eigenvalue weighted by Gasteiger charge is -2.09. The fraction of sp³-hybridized carbons (Fsp3) is 0.238. The van der Waals surface area contributed by atoms with Crippen LogP contribution in [-0.4, -0.2) is 37.1 Å². The third-order valence-corrected chi connectivity index (χ3v) is 5.27. The molecule has 30 heavy (non-hydrogen) atoms. The van der Waals surface area contributed by atoms with Crippen molar-refractivity contribution in [2.24, 2.45) is 14.1 Å². The second-order valence-electron chi connectivity index (χ2n) is 7.15. The molecule has 154 valence electrons. The van der Waals surface area contributed by atoms with Crippen molar-refractivity contribution < 1.29 is 9.53 Å². The van der Waals surface area contributed by atoms with Crippen LogP contribution in [0.15, 0.2) is 41.2 Å². The first-order chi connectivity index (χ1) is 14.3. The van der Waals surface area contributed by atoms with Crippen LogP contribution < -0.4 is 15.7 Å². The van der Waals surface area contributed by atoms with E-state index in [1.165, 1.54) is 0 Å². The van der Waals surface area contributed by atoms with Crippen LogP contribution in [0.1, 0.15) is 21.7 Å². The number of benzene rings is 2. The molecular formula is C21H22N6O3. The minimum atomic E-state index is -0.370. The van der Waals surface area contributed by atoms with Crippen LogP contribution in [0.2, 0.25) is 0 Å². The Morgan fingerprint density at radius 1 is 1.07 bits per heavy atom. The standard InChI is InChI=1S/C21H22N6O3/c1-12-9-17-18(26(4)21(29)25(17)3)11-16(12)22-20(28)19-13(2)27(24-23-19)14-7-6-8-15(10-14)30-5/h6-11H,1-5H3,(H,22,28). The number of hydrogen-bond acceptors (Lipinski definition) is 5. The highest BCUT2D eigenvalue weighted by atomic mass is 16.5. The van der Waals surface area contributed by atoms with E-state index in [9.17, 15) is 9.59 Å². The number of anilines is 1. The Kier molecular flexibility index (Phi) is 4.65. The Balaban J connectivity index is 1.68. The van der Waals surface area contributed by atoms with Crippen molar-refractivity contribution in [3.8, 4) is 11.4 Å². The molecule has 2 aromatic carbocycles. The lowest BCUT2D eigenvalue weighted by molar-refractivity contribution is 0.102. The quantitative estimate of drug-likeness (QED) is 0.561. The van der Waals surface area contributed by atoms with E-state index < -0.39 is 0 Å². The number of rotatable bonds is 4. The maximum absolute atomic E-state index is 12.9. The molecule has 0 aliphatic heterocycles. The lowest BCUT2D eigenvalue weighted by atomic mass is 10.1. The summed E-state index contributed by atoms with van der Waals surface area (Å²) in [4.78, 5) is 25.1. The Labute approximate surface area is 172 Å². The van der Waals surface area contributed by atoms with Crippen molar-refractivity contribution in [2.75, 3.05) is 12.4 Å². The van der Waals surface area contributed by atoms with Gasteiger partial charge in [-0.05, 0) is 43.7 Å². The summed E-state index contributed by atoms with van der Waals surface area (Å²) in [5, 5.41) is 11.1. The summed E-state index contributed by atoms with van der Waals surface area (Å²) < 4.78 is 9.97. The molecular weight excluding hydrogens is 384 g/mol. The van der Waals surface area contributed by atoms with Crippen molar-refractivity contribution >= 4 is 22.6 Å². The van der Waals surface area contributed by atoms with Gasteiger partial charge in [-0.25, -0.2) is 9.48 Å². The van der Waals surface area contributed by atoms with Gasteiger partial charge in [0, 0.05) is 25.8 Å². The minimum absolute atomic E-state index is 0.120. The molecule has 0 atom stereocenters. The van der Waals surface area contributed by atoms with Crippen LogP contribution in [0, 0.1) is 13.8 Å². The predicted octanol–water partition coefficient (Wildman–Crippen LogP) is 2.34. The summed E-state index contributed by atoms with van der Waals surface area (Å²) in [6.07, 6.45) is 0. The predicted molar refractivity (Wildman–Crippen MR) is 113 cm³/mol. The van der Waals surface area contributed by atoms with Crippen molar-refractivity contribution in [3.05, 3.63) is 63.8 Å². The molecule has 0 saturated heterocycles. The molecule has 0 spiro atoms. The molecule has 0 bridgehead atoms. The number of methoxy groups -OCH3 is 1. The van der Waals surface area contributed by atoms with E-state index in [0.29, 0.717) is 17.1 Å². The van der Waals surface area contributed by atoms with E-state index >= 15 is 0 Å². The molecule has 4 rings (SSSR count). The third-order valence-electron chi connectivity index (χ3n) is 5.27. The van der Waals surface area contributed by atoms with Gasteiger partial charge in [-0.3, -0.25) is 13.9 Å². The molecule has 1 amide bonds. The molecule has 2 aromatic heterocycles. The fourth-order valence-corrected chi connectivity index (χ4v) is 3.49. The highest BCUT2D eigenvalue weighted by Gasteiger charge is 2.19. The van der Waals surface area contributed by atoms with Gasteiger partial charge >= 0.3 is 5.69 Å². The average molecular weight is 406 g/mol. The van der Waals surface area contributed by atoms with E-state index in [2.05, 4.69) is 15.6 Å². The molecule has 4 aromatic rings. The van der Waals surface area contributed by atoms with Gasteiger partial charge in [0.15, 0.2) is 5.69 Å². The molecule has 0 radical (unpaired) electrons. The normalized spacial score (nSPS) is 11.1. The number of hydrogen-bond donors (Lipinski definition) is 1. The first kappa shape index (κ1) is 19.4. The van der Waals surface area contributed by atoms with Crippen LogP contribution in [0.3, 0.4) is 0 Å². The highest BCUT2D eigenvalue weighted by molar-refractivity contribution is 6.05. The molecule has 0 aliphatic carbocycles. The van der Waals surface area contributed by atoms with E-state index in [4.69, 9.17) is 4.74 Å². The molecule has 1 N–H and O–H groups in total. The van der Waals surface area contributed by atoms with Crippen LogP contribution in [0.25, 0.3) is 16.7 Å². The van der Waals surface area contributed by atoms with Crippen LogP contribution >= 0.6 is 0 Å². The number of imidazole rings is 1. The van der Waals surface area contributed by atoms with E-state index in [-0.39, 0.29) is 17.3 Å². The fourth-order valence-electron chi connectivity index (χ4n) is 3.49. The number of ether oxygens (including phenoxy) is 1. The topological polar surface area (TPSA) is 96.0 Å². The summed E-state index contributed by atoms with van der Waals surface area (Å²) in [6, 6.07) is 11.0. The Morgan fingerprint density at radius 2 is 1.77 bits per heavy atom. The largest absolute Gasteiger partial charge is 0.497 e. The molecule has 2 heterocycles. The average Bonchev–Trinajstić information content (AvgIpc) is 3.22. The van der Waals surface area contributed by atoms with Gasteiger partial charge in [0.25, 0.3) is 5.91 Å². The first-order valence-electron chi connectivity index (χ1n) is 9.36. The zero-order chi connectivity index (χ0) is 21.6. The van der Waals surface area contributed by atoms with Gasteiger partial charge < -0.3 is 10.1 Å². The maximum Gasteiger partial charge on any atom is 0.328 e. The van der Waals surface area contributed by atoms with E-state index in [0.717, 1.165) is 22.3 Å². The highest BCUT2D eigenvalue weighted by Crippen LogP contribution is 2.24. The van der Waals surface area contributed by atoms with E-state index in [1.54, 1.807) is 48.0 Å². The number of nitrogens with zero attached hydrogens (tertiary/aromatic N) is 5. The van der Waals surface area contributed by atoms with Gasteiger partial charge in [0.2, 0.25) is 0 Å². The van der Waals surface area contributed by atoms with Gasteiger partial charge in [0.1, 0.15) is 5.75 Å². The van der Waals surface area contributed by atoms with Crippen LogP contribution in [0.5, 0.6) is 5.75 Å². The number of carbonyl (C=O) groups excluding carboxylic acids is 1. The molecule has 0 saturated carbocycles. The smallest absolute Gasteiger partial charge is 0.328 e. The summed E-state index contributed by atoms with van der Waals surface area (Å²) >= 11 is 0. The van der Waals surface area contributed by atoms with Crippen LogP contribution in [0.4, 0.5) is 5.69 Å². The molecule has 0 unspecified atom stereocenters. The number of aromatic nitrogens is 5.